The number of esters is 1. The van der Waals surface area contributed by atoms with E-state index < -0.39 is 29.6 Å². The highest BCUT2D eigenvalue weighted by atomic mass is 35.5. The second-order valence-corrected chi connectivity index (χ2v) is 9.26. The molecule has 37 heavy (non-hydrogen) atoms. The van der Waals surface area contributed by atoms with Crippen LogP contribution < -0.4 is 10.1 Å². The maximum atomic E-state index is 13.1. The van der Waals surface area contributed by atoms with Crippen molar-refractivity contribution in [3.63, 3.8) is 0 Å². The molecule has 1 fully saturated rings. The van der Waals surface area contributed by atoms with Crippen LogP contribution in [0.5, 0.6) is 5.75 Å². The highest BCUT2D eigenvalue weighted by Crippen LogP contribution is 2.37. The first kappa shape index (κ1) is 26.2. The van der Waals surface area contributed by atoms with Gasteiger partial charge in [0, 0.05) is 11.3 Å². The Morgan fingerprint density at radius 1 is 1.05 bits per heavy atom. The lowest BCUT2D eigenvalue weighted by atomic mass is 10.0. The summed E-state index contributed by atoms with van der Waals surface area (Å²) in [5.74, 6) is -1.23. The van der Waals surface area contributed by atoms with Gasteiger partial charge >= 0.3 is 5.97 Å². The van der Waals surface area contributed by atoms with E-state index in [1.54, 1.807) is 13.0 Å². The van der Waals surface area contributed by atoms with Gasteiger partial charge in [-0.3, -0.25) is 19.3 Å². The Morgan fingerprint density at radius 3 is 2.59 bits per heavy atom. The van der Waals surface area contributed by atoms with Gasteiger partial charge in [0.15, 0.2) is 0 Å². The van der Waals surface area contributed by atoms with E-state index in [1.807, 2.05) is 43.3 Å². The average Bonchev–Trinajstić information content (AvgIpc) is 3.14. The molecule has 0 spiro atoms. The molecular weight excluding hydrogens is 516 g/mol. The van der Waals surface area contributed by atoms with Gasteiger partial charge in [-0.2, -0.15) is 0 Å². The van der Waals surface area contributed by atoms with E-state index in [9.17, 15) is 19.2 Å². The first-order valence-corrected chi connectivity index (χ1v) is 12.7. The number of nitrogens with one attached hydrogen (secondary N) is 1. The normalized spacial score (nSPS) is 14.4. The molecule has 0 aliphatic carbocycles. The summed E-state index contributed by atoms with van der Waals surface area (Å²) in [5.41, 5.74) is 1.05. The summed E-state index contributed by atoms with van der Waals surface area (Å²) < 4.78 is 10.7. The van der Waals surface area contributed by atoms with E-state index >= 15 is 0 Å². The summed E-state index contributed by atoms with van der Waals surface area (Å²) in [6.07, 6.45) is 1.63. The second-order valence-electron chi connectivity index (χ2n) is 7.86. The molecule has 1 saturated heterocycles. The largest absolute Gasteiger partial charge is 0.493 e. The summed E-state index contributed by atoms with van der Waals surface area (Å²) in [6.45, 7) is 3.64. The van der Waals surface area contributed by atoms with Crippen LogP contribution in [0.15, 0.2) is 59.5 Å². The van der Waals surface area contributed by atoms with Crippen LogP contribution in [0.4, 0.5) is 10.5 Å². The predicted molar refractivity (Wildman–Crippen MR) is 144 cm³/mol. The van der Waals surface area contributed by atoms with Crippen LogP contribution >= 0.6 is 23.4 Å². The van der Waals surface area contributed by atoms with E-state index in [0.29, 0.717) is 17.9 Å². The summed E-state index contributed by atoms with van der Waals surface area (Å²) in [4.78, 5) is 51.5. The molecule has 0 atom stereocenters. The number of ether oxygens (including phenoxy) is 2. The molecule has 0 radical (unpaired) electrons. The summed E-state index contributed by atoms with van der Waals surface area (Å²) in [5, 5.41) is 4.03. The average molecular weight is 539 g/mol. The third kappa shape index (κ3) is 5.79. The zero-order valence-electron chi connectivity index (χ0n) is 20.1. The monoisotopic (exact) mass is 538 g/mol. The minimum atomic E-state index is -0.625. The molecule has 0 bridgehead atoms. The van der Waals surface area contributed by atoms with Gasteiger partial charge in [-0.15, -0.1) is 0 Å². The highest BCUT2D eigenvalue weighted by molar-refractivity contribution is 8.18. The quantitative estimate of drug-likeness (QED) is 0.288. The van der Waals surface area contributed by atoms with Crippen LogP contribution in [0.25, 0.3) is 16.8 Å². The number of rotatable bonds is 8. The van der Waals surface area contributed by atoms with E-state index in [1.165, 1.54) is 18.2 Å². The maximum Gasteiger partial charge on any atom is 0.339 e. The van der Waals surface area contributed by atoms with Crippen LogP contribution in [0.3, 0.4) is 0 Å². The minimum Gasteiger partial charge on any atom is -0.493 e. The molecule has 3 amide bonds. The molecule has 190 valence electrons. The van der Waals surface area contributed by atoms with Gasteiger partial charge in [-0.1, -0.05) is 41.9 Å². The van der Waals surface area contributed by atoms with E-state index in [0.717, 1.165) is 27.4 Å². The zero-order valence-corrected chi connectivity index (χ0v) is 21.7. The van der Waals surface area contributed by atoms with Crippen molar-refractivity contribution in [1.82, 2.24) is 4.90 Å². The third-order valence-electron chi connectivity index (χ3n) is 5.43. The number of carbonyl (C=O) groups is 4. The molecule has 4 rings (SSSR count). The Bertz CT molecular complexity index is 1440. The Labute approximate surface area is 222 Å². The van der Waals surface area contributed by atoms with Crippen molar-refractivity contribution in [1.29, 1.82) is 0 Å². The smallest absolute Gasteiger partial charge is 0.339 e. The Hall–Kier alpha value is -3.82. The summed E-state index contributed by atoms with van der Waals surface area (Å²) in [7, 11) is 0. The van der Waals surface area contributed by atoms with Crippen LogP contribution in [0.1, 0.15) is 29.8 Å². The van der Waals surface area contributed by atoms with Crippen molar-refractivity contribution in [2.45, 2.75) is 13.8 Å². The lowest BCUT2D eigenvalue weighted by Crippen LogP contribution is -2.36. The van der Waals surface area contributed by atoms with Crippen LogP contribution in [-0.2, 0) is 14.3 Å². The van der Waals surface area contributed by atoms with Gasteiger partial charge in [0.1, 0.15) is 12.3 Å². The van der Waals surface area contributed by atoms with Crippen molar-refractivity contribution in [3.05, 3.63) is 75.7 Å². The number of fused-ring (bicyclic) bond motifs is 1. The number of halogens is 1. The Morgan fingerprint density at radius 2 is 1.84 bits per heavy atom. The molecule has 10 heteroatoms. The molecule has 0 unspecified atom stereocenters. The Kier molecular flexibility index (Phi) is 8.15. The number of hydrogen-bond acceptors (Lipinski definition) is 7. The van der Waals surface area contributed by atoms with E-state index in [2.05, 4.69) is 5.32 Å². The molecular formula is C27H23ClN2O6S. The first-order chi connectivity index (χ1) is 17.8. The van der Waals surface area contributed by atoms with Gasteiger partial charge < -0.3 is 14.8 Å². The van der Waals surface area contributed by atoms with Gasteiger partial charge in [0.2, 0.25) is 5.91 Å². The molecule has 0 aromatic heterocycles. The van der Waals surface area contributed by atoms with Crippen LogP contribution in [0.2, 0.25) is 5.02 Å². The lowest BCUT2D eigenvalue weighted by Gasteiger charge is -2.13. The number of anilines is 1. The highest BCUT2D eigenvalue weighted by Gasteiger charge is 2.36. The number of imide groups is 1. The maximum absolute atomic E-state index is 13.1. The number of hydrogen-bond donors (Lipinski definition) is 1. The molecule has 0 saturated carbocycles. The van der Waals surface area contributed by atoms with Gasteiger partial charge in [0.25, 0.3) is 11.1 Å². The summed E-state index contributed by atoms with van der Waals surface area (Å²) in [6, 6.07) is 15.7. The van der Waals surface area contributed by atoms with Crippen molar-refractivity contribution >= 4 is 68.9 Å². The van der Waals surface area contributed by atoms with Crippen molar-refractivity contribution in [2.24, 2.45) is 0 Å². The Balaban J connectivity index is 1.54. The number of benzene rings is 3. The molecule has 1 N–H and O–H groups in total. The molecule has 8 nitrogen and oxygen atoms in total. The van der Waals surface area contributed by atoms with Gasteiger partial charge in [-0.05, 0) is 66.7 Å². The third-order valence-corrected chi connectivity index (χ3v) is 6.66. The van der Waals surface area contributed by atoms with Crippen LogP contribution in [0, 0.1) is 0 Å². The fourth-order valence-corrected chi connectivity index (χ4v) is 4.80. The van der Waals surface area contributed by atoms with Crippen molar-refractivity contribution in [2.75, 3.05) is 25.1 Å². The molecule has 1 aliphatic rings. The molecule has 1 heterocycles. The van der Waals surface area contributed by atoms with Crippen molar-refractivity contribution < 1.29 is 28.7 Å². The lowest BCUT2D eigenvalue weighted by molar-refractivity contribution is -0.127. The standard InChI is InChI=1S/C27H23ClN2O6S/c1-3-35-22-12-9-16-7-5-6-8-18(16)19(22)14-23-25(32)30(27(34)37-23)15-24(31)29-17-10-11-21(28)20(13-17)26(33)36-4-2/h5-14H,3-4,15H2,1-2H3,(H,29,31)/b23-14+. The topological polar surface area (TPSA) is 102 Å². The summed E-state index contributed by atoms with van der Waals surface area (Å²) >= 11 is 6.82. The second kappa shape index (κ2) is 11.5. The minimum absolute atomic E-state index is 0.0932. The molecule has 3 aromatic rings. The van der Waals surface area contributed by atoms with Crippen LogP contribution in [-0.4, -0.2) is 47.7 Å². The SMILES string of the molecule is CCOC(=O)c1cc(NC(=O)CN2C(=O)S/C(=C/c3c(OCC)ccc4ccccc34)C2=O)ccc1Cl. The fraction of sp³-hybridized carbons (Fsp3) is 0.185. The van der Waals surface area contributed by atoms with E-state index in [4.69, 9.17) is 21.1 Å². The first-order valence-electron chi connectivity index (χ1n) is 11.5. The van der Waals surface area contributed by atoms with Crippen molar-refractivity contribution in [3.8, 4) is 5.75 Å². The number of thioether (sulfide) groups is 1. The molecule has 3 aromatic carbocycles. The van der Waals surface area contributed by atoms with Gasteiger partial charge in [0.05, 0.1) is 28.7 Å². The predicted octanol–water partition coefficient (Wildman–Crippen LogP) is 5.74. The number of carbonyl (C=O) groups excluding carboxylic acids is 4. The number of amides is 3. The zero-order chi connectivity index (χ0) is 26.5. The molecule has 1 aliphatic heterocycles. The van der Waals surface area contributed by atoms with E-state index in [-0.39, 0.29) is 27.8 Å². The fourth-order valence-electron chi connectivity index (χ4n) is 3.79. The number of nitrogens with zero attached hydrogens (tertiary/aromatic N) is 1. The van der Waals surface area contributed by atoms with Gasteiger partial charge in [-0.25, -0.2) is 4.79 Å².